The number of terminal acetylenes is 1. The average Bonchev–Trinajstić information content (AvgIpc) is 2.42. The van der Waals surface area contributed by atoms with Crippen LogP contribution in [-0.2, 0) is 5.41 Å². The first-order valence-corrected chi connectivity index (χ1v) is 6.08. The summed E-state index contributed by atoms with van der Waals surface area (Å²) in [5, 5.41) is 0. The van der Waals surface area contributed by atoms with E-state index in [4.69, 9.17) is 17.9 Å². The Morgan fingerprint density at radius 1 is 0.762 bits per heavy atom. The first-order valence-electron chi connectivity index (χ1n) is 6.08. The van der Waals surface area contributed by atoms with E-state index < -0.39 is 11.6 Å². The van der Waals surface area contributed by atoms with Crippen LogP contribution in [0.3, 0.4) is 0 Å². The van der Waals surface area contributed by atoms with Gasteiger partial charge in [-0.05, 0) is 35.4 Å². The maximum absolute atomic E-state index is 13.7. The molecule has 0 heterocycles. The normalized spacial score (nSPS) is 11.9. The molecule has 0 amide bonds. The predicted molar refractivity (Wildman–Crippen MR) is 77.4 cm³/mol. The molecule has 0 radical (unpaired) electrons. The van der Waals surface area contributed by atoms with Crippen LogP contribution < -0.4 is 11.5 Å². The number of halogens is 3. The van der Waals surface area contributed by atoms with Crippen molar-refractivity contribution < 1.29 is 13.2 Å². The molecule has 21 heavy (non-hydrogen) atoms. The summed E-state index contributed by atoms with van der Waals surface area (Å²) in [6.07, 6.45) is 0.643. The summed E-state index contributed by atoms with van der Waals surface area (Å²) in [6, 6.07) is 10.7. The number of rotatable bonds is 2. The minimum absolute atomic E-state index is 0.0588. The molecule has 0 spiro atoms. The average molecular weight is 290 g/mol. The monoisotopic (exact) mass is 290 g/mol. The molecular formula is C16H13F3N2. The van der Waals surface area contributed by atoms with Crippen molar-refractivity contribution in [2.45, 2.75) is 11.6 Å². The maximum Gasteiger partial charge on any atom is 0.413 e. The zero-order chi connectivity index (χ0) is 15.7. The van der Waals surface area contributed by atoms with Gasteiger partial charge in [-0.2, -0.15) is 13.2 Å². The number of hydrogen-bond acceptors (Lipinski definition) is 2. The summed E-state index contributed by atoms with van der Waals surface area (Å²) in [7, 11) is 0. The molecule has 0 saturated carbocycles. The minimum atomic E-state index is -4.66. The van der Waals surface area contributed by atoms with Crippen LogP contribution >= 0.6 is 0 Å². The van der Waals surface area contributed by atoms with Gasteiger partial charge in [0, 0.05) is 11.4 Å². The van der Waals surface area contributed by atoms with Crippen LogP contribution in [0.1, 0.15) is 11.1 Å². The Kier molecular flexibility index (Phi) is 3.56. The van der Waals surface area contributed by atoms with E-state index in [1.165, 1.54) is 48.5 Å². The Bertz CT molecular complexity index is 619. The molecule has 4 N–H and O–H groups in total. The summed E-state index contributed by atoms with van der Waals surface area (Å²) < 4.78 is 41.2. The van der Waals surface area contributed by atoms with Gasteiger partial charge in [-0.1, -0.05) is 30.2 Å². The first-order chi connectivity index (χ1) is 9.81. The van der Waals surface area contributed by atoms with Gasteiger partial charge in [-0.15, -0.1) is 6.42 Å². The van der Waals surface area contributed by atoms with Gasteiger partial charge in [-0.25, -0.2) is 0 Å². The van der Waals surface area contributed by atoms with Crippen molar-refractivity contribution in [3.05, 3.63) is 59.7 Å². The minimum Gasteiger partial charge on any atom is -0.399 e. The predicted octanol–water partition coefficient (Wildman–Crippen LogP) is 3.33. The smallest absolute Gasteiger partial charge is 0.399 e. The molecule has 0 saturated heterocycles. The van der Waals surface area contributed by atoms with E-state index in [0.717, 1.165) is 0 Å². The second-order valence-corrected chi connectivity index (χ2v) is 4.64. The molecule has 108 valence electrons. The maximum atomic E-state index is 13.7. The van der Waals surface area contributed by atoms with Crippen molar-refractivity contribution in [3.8, 4) is 12.3 Å². The molecule has 0 aliphatic carbocycles. The van der Waals surface area contributed by atoms with Crippen molar-refractivity contribution in [3.63, 3.8) is 0 Å². The molecule has 2 rings (SSSR count). The van der Waals surface area contributed by atoms with Gasteiger partial charge < -0.3 is 11.5 Å². The quantitative estimate of drug-likeness (QED) is 0.658. The molecule has 5 heteroatoms. The van der Waals surface area contributed by atoms with Gasteiger partial charge in [0.25, 0.3) is 0 Å². The van der Waals surface area contributed by atoms with Crippen LogP contribution in [0.25, 0.3) is 0 Å². The molecule has 2 aromatic rings. The van der Waals surface area contributed by atoms with Gasteiger partial charge in [0.1, 0.15) is 0 Å². The third-order valence-corrected chi connectivity index (χ3v) is 3.33. The lowest BCUT2D eigenvalue weighted by atomic mass is 9.74. The highest BCUT2D eigenvalue weighted by atomic mass is 19.4. The Hall–Kier alpha value is -2.61. The van der Waals surface area contributed by atoms with E-state index >= 15 is 0 Å². The van der Waals surface area contributed by atoms with Crippen molar-refractivity contribution in [1.29, 1.82) is 0 Å². The van der Waals surface area contributed by atoms with Crippen molar-refractivity contribution in [1.82, 2.24) is 0 Å². The highest BCUT2D eigenvalue weighted by Crippen LogP contribution is 2.46. The lowest BCUT2D eigenvalue weighted by Crippen LogP contribution is -2.42. The number of nitrogen functional groups attached to an aromatic ring is 2. The third-order valence-electron chi connectivity index (χ3n) is 3.33. The van der Waals surface area contributed by atoms with Gasteiger partial charge in [0.15, 0.2) is 5.41 Å². The summed E-state index contributed by atoms with van der Waals surface area (Å²) in [4.78, 5) is 0. The van der Waals surface area contributed by atoms with Gasteiger partial charge >= 0.3 is 6.18 Å². The summed E-state index contributed by atoms with van der Waals surface area (Å²) in [6.45, 7) is 0. The van der Waals surface area contributed by atoms with E-state index in [2.05, 4.69) is 0 Å². The molecule has 0 bridgehead atoms. The standard InChI is InChI=1S/C16H13F3N2/c1-2-15(16(17,18)19,11-3-7-13(20)8-4-11)12-5-9-14(21)10-6-12/h1,3-10H,20-21H2. The van der Waals surface area contributed by atoms with Gasteiger partial charge in [0.2, 0.25) is 0 Å². The molecule has 0 aliphatic rings. The first kappa shape index (κ1) is 14.8. The molecule has 0 aliphatic heterocycles. The largest absolute Gasteiger partial charge is 0.413 e. The number of anilines is 2. The van der Waals surface area contributed by atoms with E-state index in [1.807, 2.05) is 5.92 Å². The molecule has 2 nitrogen and oxygen atoms in total. The summed E-state index contributed by atoms with van der Waals surface area (Å²) in [5.74, 6) is 1.92. The van der Waals surface area contributed by atoms with Gasteiger partial charge in [-0.3, -0.25) is 0 Å². The number of hydrogen-bond donors (Lipinski definition) is 2. The van der Waals surface area contributed by atoms with E-state index in [1.54, 1.807) is 0 Å². The van der Waals surface area contributed by atoms with E-state index in [0.29, 0.717) is 11.4 Å². The summed E-state index contributed by atoms with van der Waals surface area (Å²) in [5.41, 5.74) is 9.14. The Balaban J connectivity index is 2.73. The van der Waals surface area contributed by atoms with Crippen molar-refractivity contribution in [2.75, 3.05) is 11.5 Å². The van der Waals surface area contributed by atoms with E-state index in [-0.39, 0.29) is 11.1 Å². The van der Waals surface area contributed by atoms with Crippen LogP contribution in [0.4, 0.5) is 24.5 Å². The zero-order valence-electron chi connectivity index (χ0n) is 11.0. The van der Waals surface area contributed by atoms with Crippen LogP contribution in [0, 0.1) is 12.3 Å². The lowest BCUT2D eigenvalue weighted by molar-refractivity contribution is -0.161. The number of alkyl halides is 3. The summed E-state index contributed by atoms with van der Waals surface area (Å²) >= 11 is 0. The highest BCUT2D eigenvalue weighted by molar-refractivity contribution is 5.54. The lowest BCUT2D eigenvalue weighted by Gasteiger charge is -2.32. The number of benzene rings is 2. The second-order valence-electron chi connectivity index (χ2n) is 4.64. The fourth-order valence-corrected chi connectivity index (χ4v) is 2.21. The molecule has 0 fully saturated rings. The van der Waals surface area contributed by atoms with Crippen molar-refractivity contribution in [2.24, 2.45) is 0 Å². The molecule has 0 unspecified atom stereocenters. The Morgan fingerprint density at radius 3 is 1.33 bits per heavy atom. The van der Waals surface area contributed by atoms with Crippen LogP contribution in [0.15, 0.2) is 48.5 Å². The molecule has 0 aromatic heterocycles. The van der Waals surface area contributed by atoms with Crippen LogP contribution in [0.2, 0.25) is 0 Å². The van der Waals surface area contributed by atoms with Crippen LogP contribution in [0.5, 0.6) is 0 Å². The highest BCUT2D eigenvalue weighted by Gasteiger charge is 2.56. The van der Waals surface area contributed by atoms with Gasteiger partial charge in [0.05, 0.1) is 0 Å². The van der Waals surface area contributed by atoms with E-state index in [9.17, 15) is 13.2 Å². The fourth-order valence-electron chi connectivity index (χ4n) is 2.21. The molecule has 2 aromatic carbocycles. The number of nitrogens with two attached hydrogens (primary N) is 2. The third kappa shape index (κ3) is 2.40. The van der Waals surface area contributed by atoms with Crippen LogP contribution in [-0.4, -0.2) is 6.18 Å². The Labute approximate surface area is 120 Å². The zero-order valence-corrected chi connectivity index (χ0v) is 11.0. The second kappa shape index (κ2) is 5.06. The molecule has 0 atom stereocenters. The molecular weight excluding hydrogens is 277 g/mol. The topological polar surface area (TPSA) is 52.0 Å². The van der Waals surface area contributed by atoms with Crippen molar-refractivity contribution >= 4 is 11.4 Å². The Morgan fingerprint density at radius 2 is 1.10 bits per heavy atom. The SMILES string of the molecule is C#CC(c1ccc(N)cc1)(c1ccc(N)cc1)C(F)(F)F. The fraction of sp³-hybridized carbons (Fsp3) is 0.125.